The molecule has 2 unspecified atom stereocenters. The maximum atomic E-state index is 12.9. The number of carbonyl (C=O) groups excluding carboxylic acids is 1. The van der Waals surface area contributed by atoms with Gasteiger partial charge < -0.3 is 25.4 Å². The number of likely N-dealkylation sites (N-methyl/N-ethyl adjacent to an activating group) is 1. The summed E-state index contributed by atoms with van der Waals surface area (Å²) in [6.45, 7) is 1.26. The molecule has 4 rings (SSSR count). The summed E-state index contributed by atoms with van der Waals surface area (Å²) < 4.78 is 11.3. The highest BCUT2D eigenvalue weighted by Crippen LogP contribution is 2.39. The number of thioether (sulfide) groups is 1. The summed E-state index contributed by atoms with van der Waals surface area (Å²) in [6, 6.07) is 8.72. The third kappa shape index (κ3) is 5.52. The lowest BCUT2D eigenvalue weighted by Gasteiger charge is -2.24. The summed E-state index contributed by atoms with van der Waals surface area (Å²) in [5, 5.41) is 3.20. The standard InChI is InChI=1S/C23H26N6O3S/c1-29(2)9-10-32-18-11-14(17-7-8-25-23(24)27-17)12-19-20(18)28-22(33-19)21(30)26-15-5-4-6-16(13-15)31-3/h4-8,11-13,19-20H,9-10H2,1-3H3,(H,26,30)(H2,24,25,27). The van der Waals surface area contributed by atoms with Crippen molar-refractivity contribution in [1.29, 1.82) is 0 Å². The monoisotopic (exact) mass is 466 g/mol. The number of allylic oxidation sites excluding steroid dienone is 2. The Labute approximate surface area is 196 Å². The Kier molecular flexibility index (Phi) is 6.95. The maximum absolute atomic E-state index is 12.9. The van der Waals surface area contributed by atoms with Crippen molar-refractivity contribution in [3.05, 3.63) is 60.1 Å². The van der Waals surface area contributed by atoms with E-state index in [1.807, 2.05) is 43.3 Å². The van der Waals surface area contributed by atoms with Gasteiger partial charge in [0.1, 0.15) is 24.2 Å². The first-order valence-electron chi connectivity index (χ1n) is 10.4. The van der Waals surface area contributed by atoms with Crippen molar-refractivity contribution in [2.45, 2.75) is 11.3 Å². The molecule has 0 fully saturated rings. The van der Waals surface area contributed by atoms with E-state index in [2.05, 4.69) is 15.3 Å². The molecule has 2 aliphatic rings. The number of rotatable bonds is 8. The third-order valence-corrected chi connectivity index (χ3v) is 6.23. The topological polar surface area (TPSA) is 115 Å². The molecule has 0 saturated heterocycles. The number of hydrogen-bond donors (Lipinski definition) is 2. The van der Waals surface area contributed by atoms with Crippen molar-refractivity contribution < 1.29 is 14.3 Å². The van der Waals surface area contributed by atoms with Crippen LogP contribution in [0.1, 0.15) is 5.69 Å². The molecule has 0 saturated carbocycles. The molecule has 9 nitrogen and oxygen atoms in total. The average molecular weight is 467 g/mol. The van der Waals surface area contributed by atoms with Crippen molar-refractivity contribution in [3.8, 4) is 5.75 Å². The van der Waals surface area contributed by atoms with E-state index in [1.165, 1.54) is 11.8 Å². The van der Waals surface area contributed by atoms with Crippen molar-refractivity contribution in [2.24, 2.45) is 4.99 Å². The van der Waals surface area contributed by atoms with E-state index in [0.717, 1.165) is 12.1 Å². The van der Waals surface area contributed by atoms with Crippen LogP contribution >= 0.6 is 11.8 Å². The highest BCUT2D eigenvalue weighted by atomic mass is 32.2. The molecule has 0 bridgehead atoms. The molecule has 2 atom stereocenters. The number of ether oxygens (including phenoxy) is 2. The minimum absolute atomic E-state index is 0.0957. The fourth-order valence-electron chi connectivity index (χ4n) is 3.40. The van der Waals surface area contributed by atoms with Gasteiger partial charge in [0.15, 0.2) is 5.04 Å². The number of benzene rings is 1. The Morgan fingerprint density at radius 2 is 2.15 bits per heavy atom. The first-order chi connectivity index (χ1) is 15.9. The van der Waals surface area contributed by atoms with E-state index in [4.69, 9.17) is 20.2 Å². The Balaban J connectivity index is 1.56. The molecule has 0 spiro atoms. The van der Waals surface area contributed by atoms with Gasteiger partial charge in [-0.1, -0.05) is 23.9 Å². The van der Waals surface area contributed by atoms with E-state index in [-0.39, 0.29) is 23.1 Å². The van der Waals surface area contributed by atoms with Gasteiger partial charge in [-0.25, -0.2) is 9.97 Å². The van der Waals surface area contributed by atoms with Crippen molar-refractivity contribution in [3.63, 3.8) is 0 Å². The lowest BCUT2D eigenvalue weighted by Crippen LogP contribution is -2.26. The zero-order chi connectivity index (χ0) is 23.4. The molecule has 2 aromatic rings. The Morgan fingerprint density at radius 1 is 1.30 bits per heavy atom. The summed E-state index contributed by atoms with van der Waals surface area (Å²) in [4.78, 5) is 28.0. The fraction of sp³-hybridized carbons (Fsp3) is 0.304. The Morgan fingerprint density at radius 3 is 2.91 bits per heavy atom. The molecular weight excluding hydrogens is 440 g/mol. The van der Waals surface area contributed by atoms with Crippen LogP contribution in [0.5, 0.6) is 5.75 Å². The van der Waals surface area contributed by atoms with Crippen molar-refractivity contribution in [2.75, 3.05) is 45.4 Å². The molecule has 172 valence electrons. The van der Waals surface area contributed by atoms with Crippen LogP contribution in [0.15, 0.2) is 59.4 Å². The summed E-state index contributed by atoms with van der Waals surface area (Å²) in [5.74, 6) is 1.30. The highest BCUT2D eigenvalue weighted by Gasteiger charge is 2.38. The van der Waals surface area contributed by atoms with Gasteiger partial charge in [0.2, 0.25) is 5.95 Å². The molecule has 10 heteroatoms. The molecule has 2 heterocycles. The number of methoxy groups -OCH3 is 1. The van der Waals surface area contributed by atoms with E-state index in [9.17, 15) is 4.79 Å². The molecule has 1 aliphatic heterocycles. The second-order valence-corrected chi connectivity index (χ2v) is 8.93. The normalized spacial score (nSPS) is 19.3. The van der Waals surface area contributed by atoms with Gasteiger partial charge in [0.05, 0.1) is 18.1 Å². The zero-order valence-corrected chi connectivity index (χ0v) is 19.5. The third-order valence-electron chi connectivity index (χ3n) is 5.05. The molecule has 3 N–H and O–H groups in total. The van der Waals surface area contributed by atoms with Crippen LogP contribution in [0.25, 0.3) is 5.57 Å². The Bertz CT molecular complexity index is 1130. The number of hydrogen-bond acceptors (Lipinski definition) is 9. The van der Waals surface area contributed by atoms with Gasteiger partial charge >= 0.3 is 0 Å². The van der Waals surface area contributed by atoms with Crippen LogP contribution in [0.2, 0.25) is 0 Å². The van der Waals surface area contributed by atoms with Gasteiger partial charge in [-0.05, 0) is 38.4 Å². The Hall–Kier alpha value is -3.37. The van der Waals surface area contributed by atoms with E-state index in [0.29, 0.717) is 34.5 Å². The molecule has 33 heavy (non-hydrogen) atoms. The average Bonchev–Trinajstić information content (AvgIpc) is 3.24. The van der Waals surface area contributed by atoms with E-state index in [1.54, 1.807) is 31.5 Å². The van der Waals surface area contributed by atoms with E-state index >= 15 is 0 Å². The lowest BCUT2D eigenvalue weighted by molar-refractivity contribution is -0.110. The van der Waals surface area contributed by atoms with Gasteiger partial charge in [-0.15, -0.1) is 0 Å². The number of anilines is 2. The largest absolute Gasteiger partial charge is 0.497 e. The second kappa shape index (κ2) is 10.1. The minimum Gasteiger partial charge on any atom is -0.497 e. The number of amides is 1. The van der Waals surface area contributed by atoms with Crippen LogP contribution in [0, 0.1) is 0 Å². The predicted octanol–water partition coefficient (Wildman–Crippen LogP) is 2.45. The summed E-state index contributed by atoms with van der Waals surface area (Å²) in [5.41, 5.74) is 7.98. The van der Waals surface area contributed by atoms with Gasteiger partial charge in [-0.3, -0.25) is 9.79 Å². The number of nitrogens with one attached hydrogen (secondary N) is 1. The van der Waals surface area contributed by atoms with E-state index < -0.39 is 0 Å². The van der Waals surface area contributed by atoms with Crippen LogP contribution in [0.3, 0.4) is 0 Å². The van der Waals surface area contributed by atoms with Gasteiger partial charge in [0.25, 0.3) is 5.91 Å². The van der Waals surface area contributed by atoms with Crippen LogP contribution in [0.4, 0.5) is 11.6 Å². The molecule has 1 aliphatic carbocycles. The first-order valence-corrected chi connectivity index (χ1v) is 11.3. The van der Waals surface area contributed by atoms with Crippen LogP contribution < -0.4 is 15.8 Å². The second-order valence-electron chi connectivity index (χ2n) is 7.77. The quantitative estimate of drug-likeness (QED) is 0.610. The summed E-state index contributed by atoms with van der Waals surface area (Å²) in [6.07, 6.45) is 5.59. The first kappa shape index (κ1) is 22.8. The molecule has 1 aromatic heterocycles. The number of fused-ring (bicyclic) bond motifs is 1. The van der Waals surface area contributed by atoms with Crippen LogP contribution in [-0.4, -0.2) is 71.5 Å². The van der Waals surface area contributed by atoms with Crippen molar-refractivity contribution >= 4 is 39.9 Å². The number of nitrogen functional groups attached to an aromatic ring is 1. The molecule has 0 radical (unpaired) electrons. The number of carbonyl (C=O) groups is 1. The number of aromatic nitrogens is 2. The molecular formula is C23H26N6O3S. The van der Waals surface area contributed by atoms with Crippen LogP contribution in [-0.2, 0) is 9.53 Å². The maximum Gasteiger partial charge on any atom is 0.280 e. The molecule has 1 aromatic carbocycles. The number of nitrogens with zero attached hydrogens (tertiary/aromatic N) is 4. The summed E-state index contributed by atoms with van der Waals surface area (Å²) >= 11 is 1.40. The predicted molar refractivity (Wildman–Crippen MR) is 131 cm³/mol. The smallest absolute Gasteiger partial charge is 0.280 e. The fourth-order valence-corrected chi connectivity index (χ4v) is 4.53. The molecule has 1 amide bonds. The van der Waals surface area contributed by atoms with Crippen molar-refractivity contribution in [1.82, 2.24) is 14.9 Å². The number of aliphatic imine (C=N–C) groups is 1. The number of nitrogens with two attached hydrogens (primary N) is 1. The van der Waals surface area contributed by atoms with Gasteiger partial charge in [-0.2, -0.15) is 0 Å². The summed E-state index contributed by atoms with van der Waals surface area (Å²) in [7, 11) is 5.56. The highest BCUT2D eigenvalue weighted by molar-refractivity contribution is 8.16. The van der Waals surface area contributed by atoms with Gasteiger partial charge in [0, 0.05) is 30.1 Å². The minimum atomic E-state index is -0.286. The SMILES string of the molecule is COc1cccc(NC(=O)C2=NC3C(OCCN(C)C)=CC(c4ccnc(N)n4)=CC3S2)c1. The zero-order valence-electron chi connectivity index (χ0n) is 18.7. The lowest BCUT2D eigenvalue weighted by atomic mass is 9.98.